The van der Waals surface area contributed by atoms with Crippen molar-refractivity contribution in [3.63, 3.8) is 0 Å². The van der Waals surface area contributed by atoms with Gasteiger partial charge in [-0.2, -0.15) is 8.78 Å². The van der Waals surface area contributed by atoms with Crippen molar-refractivity contribution in [1.29, 1.82) is 0 Å². The minimum absolute atomic E-state index is 0.0193. The first-order valence-electron chi connectivity index (χ1n) is 13.0. The minimum atomic E-state index is -5.45. The molecule has 0 N–H and O–H groups in total. The molecule has 44 heavy (non-hydrogen) atoms. The number of hydrogen-bond donors (Lipinski definition) is 0. The van der Waals surface area contributed by atoms with Crippen LogP contribution in [0.1, 0.15) is 48.4 Å². The number of unbranched alkanes of at least 4 members (excludes halogenated alkanes) is 2. The van der Waals surface area contributed by atoms with Gasteiger partial charge in [0, 0.05) is 35.7 Å². The SMILES string of the molecule is CCCCCc1cnc(-c2ccc(C#Cc3ccc(C(F)(F)Oc4cc(F)c(OC(F)(F)F)c(F)c4)c(F)c3)c(F)c2)nc1. The average Bonchev–Trinajstić information content (AvgIpc) is 2.94. The Balaban J connectivity index is 1.47. The number of ether oxygens (including phenoxy) is 2. The van der Waals surface area contributed by atoms with Crippen LogP contribution in [0.5, 0.6) is 11.5 Å². The highest BCUT2D eigenvalue weighted by atomic mass is 19.4. The summed E-state index contributed by atoms with van der Waals surface area (Å²) in [6.07, 6.45) is -2.60. The Morgan fingerprint density at radius 1 is 0.727 bits per heavy atom. The lowest BCUT2D eigenvalue weighted by atomic mass is 10.1. The third-order valence-electron chi connectivity index (χ3n) is 6.06. The van der Waals surface area contributed by atoms with Crippen molar-refractivity contribution in [3.8, 4) is 34.7 Å². The largest absolute Gasteiger partial charge is 0.573 e. The maximum atomic E-state index is 14.7. The second kappa shape index (κ2) is 13.3. The fourth-order valence-electron chi connectivity index (χ4n) is 3.95. The molecule has 0 saturated heterocycles. The number of nitrogens with zero attached hydrogens (tertiary/aromatic N) is 2. The number of halogens is 9. The molecule has 13 heteroatoms. The molecular formula is C31H21F9N2O2. The standard InChI is InChI=1S/C31H21F9N2O2/c1-2-3-4-5-19-16-41-29(42-17-19)21-10-9-20(24(32)13-21)8-6-18-7-11-23(25(33)12-18)30(36,37)43-22-14-26(34)28(27(35)15-22)44-31(38,39)40/h7,9-17H,2-5H2,1H3. The highest BCUT2D eigenvalue weighted by Crippen LogP contribution is 2.37. The molecular weight excluding hydrogens is 603 g/mol. The third kappa shape index (κ3) is 8.21. The number of hydrogen-bond acceptors (Lipinski definition) is 4. The second-order valence-corrected chi connectivity index (χ2v) is 9.39. The number of aryl methyl sites for hydroxylation is 1. The first kappa shape index (κ1) is 32.2. The third-order valence-corrected chi connectivity index (χ3v) is 6.06. The Labute approximate surface area is 245 Å². The first-order chi connectivity index (χ1) is 20.8. The van der Waals surface area contributed by atoms with Crippen LogP contribution in [0.25, 0.3) is 11.4 Å². The molecule has 0 aliphatic heterocycles. The van der Waals surface area contributed by atoms with E-state index in [0.29, 0.717) is 23.5 Å². The van der Waals surface area contributed by atoms with E-state index in [0.717, 1.165) is 37.3 Å². The van der Waals surface area contributed by atoms with Crippen molar-refractivity contribution in [2.24, 2.45) is 0 Å². The smallest absolute Gasteiger partial charge is 0.429 e. The summed E-state index contributed by atoms with van der Waals surface area (Å²) in [4.78, 5) is 8.54. The van der Waals surface area contributed by atoms with E-state index in [1.807, 2.05) is 0 Å². The molecule has 0 saturated carbocycles. The normalized spacial score (nSPS) is 11.6. The van der Waals surface area contributed by atoms with Gasteiger partial charge >= 0.3 is 12.5 Å². The van der Waals surface area contributed by atoms with Crippen molar-refractivity contribution < 1.29 is 49.0 Å². The molecule has 0 atom stereocenters. The monoisotopic (exact) mass is 624 g/mol. The van der Waals surface area contributed by atoms with Crippen molar-refractivity contribution in [1.82, 2.24) is 9.97 Å². The van der Waals surface area contributed by atoms with Gasteiger partial charge in [-0.15, -0.1) is 13.2 Å². The minimum Gasteiger partial charge on any atom is -0.429 e. The maximum absolute atomic E-state index is 14.7. The molecule has 0 unspecified atom stereocenters. The summed E-state index contributed by atoms with van der Waals surface area (Å²) < 4.78 is 131. The number of aromatic nitrogens is 2. The Bertz CT molecular complexity index is 1670. The molecule has 1 aromatic heterocycles. The summed E-state index contributed by atoms with van der Waals surface area (Å²) in [6.45, 7) is 2.10. The van der Waals surface area contributed by atoms with Gasteiger partial charge < -0.3 is 9.47 Å². The van der Waals surface area contributed by atoms with Gasteiger partial charge in [-0.1, -0.05) is 31.6 Å². The quantitative estimate of drug-likeness (QED) is 0.106. The fraction of sp³-hybridized carbons (Fsp3) is 0.226. The Morgan fingerprint density at radius 2 is 1.41 bits per heavy atom. The van der Waals surface area contributed by atoms with Gasteiger partial charge in [0.25, 0.3) is 0 Å². The molecule has 0 aliphatic rings. The Hall–Kier alpha value is -4.73. The van der Waals surface area contributed by atoms with Crippen LogP contribution in [0.2, 0.25) is 0 Å². The molecule has 1 heterocycles. The summed E-state index contributed by atoms with van der Waals surface area (Å²) in [5, 5.41) is 0. The van der Waals surface area contributed by atoms with Gasteiger partial charge in [-0.3, -0.25) is 0 Å². The van der Waals surface area contributed by atoms with Crippen molar-refractivity contribution >= 4 is 0 Å². The fourth-order valence-corrected chi connectivity index (χ4v) is 3.95. The zero-order valence-corrected chi connectivity index (χ0v) is 22.7. The molecule has 4 nitrogen and oxygen atoms in total. The van der Waals surface area contributed by atoms with Crippen molar-refractivity contribution in [2.45, 2.75) is 45.1 Å². The van der Waals surface area contributed by atoms with Crippen LogP contribution in [0.15, 0.2) is 60.9 Å². The van der Waals surface area contributed by atoms with Crippen LogP contribution in [-0.4, -0.2) is 16.3 Å². The van der Waals surface area contributed by atoms with Crippen LogP contribution in [0.3, 0.4) is 0 Å². The van der Waals surface area contributed by atoms with Gasteiger partial charge in [0.05, 0.1) is 5.56 Å². The second-order valence-electron chi connectivity index (χ2n) is 9.39. The first-order valence-corrected chi connectivity index (χ1v) is 13.0. The number of benzene rings is 3. The summed E-state index contributed by atoms with van der Waals surface area (Å²) in [5.41, 5.74) is -0.216. The highest BCUT2D eigenvalue weighted by Gasteiger charge is 2.39. The summed E-state index contributed by atoms with van der Waals surface area (Å²) in [7, 11) is 0. The van der Waals surface area contributed by atoms with Gasteiger partial charge in [-0.25, -0.2) is 27.5 Å². The molecule has 0 amide bonds. The molecule has 0 radical (unpaired) electrons. The van der Waals surface area contributed by atoms with E-state index in [2.05, 4.69) is 38.2 Å². The lowest BCUT2D eigenvalue weighted by Gasteiger charge is -2.19. The van der Waals surface area contributed by atoms with Crippen molar-refractivity contribution in [2.75, 3.05) is 0 Å². The average molecular weight is 625 g/mol. The highest BCUT2D eigenvalue weighted by molar-refractivity contribution is 5.57. The van der Waals surface area contributed by atoms with Gasteiger partial charge in [0.2, 0.25) is 5.75 Å². The van der Waals surface area contributed by atoms with Gasteiger partial charge in [0.1, 0.15) is 22.9 Å². The molecule has 3 aromatic carbocycles. The molecule has 4 aromatic rings. The van der Waals surface area contributed by atoms with Crippen LogP contribution in [-0.2, 0) is 12.5 Å². The van der Waals surface area contributed by atoms with Gasteiger partial charge in [0.15, 0.2) is 17.5 Å². The molecule has 0 aliphatic carbocycles. The van der Waals surface area contributed by atoms with E-state index in [4.69, 9.17) is 0 Å². The molecule has 0 bridgehead atoms. The van der Waals surface area contributed by atoms with Crippen LogP contribution >= 0.6 is 0 Å². The van der Waals surface area contributed by atoms with Crippen molar-refractivity contribution in [3.05, 3.63) is 106 Å². The predicted molar refractivity (Wildman–Crippen MR) is 141 cm³/mol. The van der Waals surface area contributed by atoms with Crippen LogP contribution < -0.4 is 9.47 Å². The number of alkyl halides is 5. The Morgan fingerprint density at radius 3 is 2.00 bits per heavy atom. The zero-order chi connectivity index (χ0) is 32.1. The van der Waals surface area contributed by atoms with E-state index in [9.17, 15) is 39.5 Å². The topological polar surface area (TPSA) is 44.2 Å². The van der Waals surface area contributed by atoms with E-state index in [-0.39, 0.29) is 23.3 Å². The van der Waals surface area contributed by atoms with Gasteiger partial charge in [-0.05, 0) is 54.8 Å². The molecule has 0 spiro atoms. The lowest BCUT2D eigenvalue weighted by molar-refractivity contribution is -0.276. The summed E-state index contributed by atoms with van der Waals surface area (Å²) in [6, 6.07) is 6.24. The summed E-state index contributed by atoms with van der Waals surface area (Å²) in [5.74, 6) is -4.12. The lowest BCUT2D eigenvalue weighted by Crippen LogP contribution is -2.24. The van der Waals surface area contributed by atoms with Crippen LogP contribution in [0, 0.1) is 35.1 Å². The van der Waals surface area contributed by atoms with E-state index in [1.54, 1.807) is 12.4 Å². The molecule has 230 valence electrons. The Kier molecular flexibility index (Phi) is 9.71. The van der Waals surface area contributed by atoms with E-state index in [1.165, 1.54) is 18.2 Å². The zero-order valence-electron chi connectivity index (χ0n) is 22.7. The van der Waals surface area contributed by atoms with E-state index >= 15 is 0 Å². The maximum Gasteiger partial charge on any atom is 0.573 e. The number of rotatable bonds is 9. The van der Waals surface area contributed by atoms with Crippen LogP contribution in [0.4, 0.5) is 39.5 Å². The molecule has 4 rings (SSSR count). The molecule has 0 fully saturated rings. The summed E-state index contributed by atoms with van der Waals surface area (Å²) >= 11 is 0. The predicted octanol–water partition coefficient (Wildman–Crippen LogP) is 8.86. The van der Waals surface area contributed by atoms with E-state index < -0.39 is 52.8 Å².